The van der Waals surface area contributed by atoms with E-state index in [9.17, 15) is 14.9 Å². The third-order valence-corrected chi connectivity index (χ3v) is 7.47. The number of carbonyl (C=O) groups excluding carboxylic acids is 2. The summed E-state index contributed by atoms with van der Waals surface area (Å²) in [6.07, 6.45) is 8.02. The third-order valence-electron chi connectivity index (χ3n) is 6.77. The van der Waals surface area contributed by atoms with Gasteiger partial charge in [0.25, 0.3) is 5.91 Å². The van der Waals surface area contributed by atoms with Gasteiger partial charge >= 0.3 is 6.03 Å². The predicted octanol–water partition coefficient (Wildman–Crippen LogP) is 3.77. The summed E-state index contributed by atoms with van der Waals surface area (Å²) in [5, 5.41) is 12.3. The van der Waals surface area contributed by atoms with Gasteiger partial charge in [-0.05, 0) is 73.8 Å². The Bertz CT molecular complexity index is 1210. The number of urea groups is 1. The number of fused-ring (bicyclic) bond motifs is 1. The molecule has 0 bridgehead atoms. The Balaban J connectivity index is 1.51. The van der Waals surface area contributed by atoms with E-state index < -0.39 is 6.10 Å². The van der Waals surface area contributed by atoms with Gasteiger partial charge in [0.2, 0.25) is 5.88 Å². The van der Waals surface area contributed by atoms with Crippen molar-refractivity contribution in [3.63, 3.8) is 0 Å². The summed E-state index contributed by atoms with van der Waals surface area (Å²) in [5.41, 5.74) is 3.10. The number of pyridine rings is 2. The molecule has 1 fully saturated rings. The van der Waals surface area contributed by atoms with Gasteiger partial charge < -0.3 is 14.4 Å². The summed E-state index contributed by atoms with van der Waals surface area (Å²) < 4.78 is 11.1. The van der Waals surface area contributed by atoms with Crippen LogP contribution in [-0.2, 0) is 28.9 Å². The van der Waals surface area contributed by atoms with Crippen LogP contribution >= 0.6 is 11.8 Å². The number of ether oxygens (including phenoxy) is 2. The number of aryl methyl sites for hydroxylation is 2. The smallest absolute Gasteiger partial charge is 0.328 e. The van der Waals surface area contributed by atoms with Crippen molar-refractivity contribution in [2.45, 2.75) is 51.2 Å². The average Bonchev–Trinajstić information content (AvgIpc) is 3.47. The number of likely N-dealkylation sites (N-methyl/N-ethyl adjacent to an activating group) is 1. The monoisotopic (exact) mass is 538 g/mol. The van der Waals surface area contributed by atoms with E-state index in [2.05, 4.69) is 27.6 Å². The van der Waals surface area contributed by atoms with Crippen molar-refractivity contribution in [2.24, 2.45) is 0 Å². The van der Waals surface area contributed by atoms with E-state index in [0.717, 1.165) is 61.0 Å². The number of nitrogens with zero attached hydrogens (tertiary/aromatic N) is 5. The van der Waals surface area contributed by atoms with Crippen molar-refractivity contribution in [2.75, 3.05) is 49.5 Å². The first-order valence-corrected chi connectivity index (χ1v) is 14.2. The van der Waals surface area contributed by atoms with E-state index in [1.807, 2.05) is 6.07 Å². The maximum atomic E-state index is 13.3. The predicted molar refractivity (Wildman–Crippen MR) is 147 cm³/mol. The second kappa shape index (κ2) is 12.9. The van der Waals surface area contributed by atoms with Gasteiger partial charge in [-0.2, -0.15) is 22.0 Å². The minimum atomic E-state index is -0.391. The number of anilines is 2. The summed E-state index contributed by atoms with van der Waals surface area (Å²) in [5.74, 6) is 2.26. The van der Waals surface area contributed by atoms with Crippen LogP contribution in [0.1, 0.15) is 47.9 Å². The lowest BCUT2D eigenvalue weighted by molar-refractivity contribution is -0.140. The van der Waals surface area contributed by atoms with E-state index >= 15 is 0 Å². The van der Waals surface area contributed by atoms with Crippen LogP contribution in [0.5, 0.6) is 5.88 Å². The van der Waals surface area contributed by atoms with E-state index in [1.165, 1.54) is 13.3 Å². The second-order valence-corrected chi connectivity index (χ2v) is 10.4. The first-order chi connectivity index (χ1) is 18.4. The highest BCUT2D eigenvalue weighted by Crippen LogP contribution is 2.32. The molecule has 3 amide bonds. The van der Waals surface area contributed by atoms with Crippen LogP contribution in [0.3, 0.4) is 0 Å². The number of amides is 3. The average molecular weight is 539 g/mol. The molecule has 11 heteroatoms. The molecule has 1 N–H and O–H groups in total. The number of aromatic nitrogens is 2. The van der Waals surface area contributed by atoms with Gasteiger partial charge in [0.15, 0.2) is 0 Å². The molecule has 4 rings (SSSR count). The zero-order valence-corrected chi connectivity index (χ0v) is 23.0. The van der Waals surface area contributed by atoms with Gasteiger partial charge in [-0.15, -0.1) is 0 Å². The molecule has 2 aliphatic rings. The van der Waals surface area contributed by atoms with Crippen LogP contribution in [0, 0.1) is 11.3 Å². The summed E-state index contributed by atoms with van der Waals surface area (Å²) in [4.78, 5) is 38.3. The summed E-state index contributed by atoms with van der Waals surface area (Å²) >= 11 is 1.76. The lowest BCUT2D eigenvalue weighted by Crippen LogP contribution is -2.40. The molecule has 0 spiro atoms. The summed E-state index contributed by atoms with van der Waals surface area (Å²) in [6, 6.07) is 5.60. The Morgan fingerprint density at radius 2 is 2.18 bits per heavy atom. The van der Waals surface area contributed by atoms with Crippen molar-refractivity contribution in [3.8, 4) is 11.9 Å². The topological polar surface area (TPSA) is 121 Å². The van der Waals surface area contributed by atoms with Gasteiger partial charge in [-0.25, -0.2) is 9.78 Å². The number of rotatable bonds is 9. The molecule has 0 aromatic carbocycles. The number of carbonyl (C=O) groups is 2. The Labute approximate surface area is 227 Å². The number of hydrogen-bond donors (Lipinski definition) is 1. The van der Waals surface area contributed by atoms with Crippen LogP contribution in [0.15, 0.2) is 18.3 Å². The Morgan fingerprint density at radius 3 is 2.89 bits per heavy atom. The van der Waals surface area contributed by atoms with Gasteiger partial charge in [0.1, 0.15) is 23.8 Å². The number of hydrogen-bond acceptors (Lipinski definition) is 8. The highest BCUT2D eigenvalue weighted by molar-refractivity contribution is 7.98. The fourth-order valence-electron chi connectivity index (χ4n) is 4.82. The first kappa shape index (κ1) is 27.7. The molecule has 202 valence electrons. The van der Waals surface area contributed by atoms with Crippen molar-refractivity contribution < 1.29 is 19.1 Å². The standard InChI is InChI=1S/C27H34N6O4S/c1-32(26(34)22-9-5-11-37-22)17-20-13-19-7-4-10-33(24(19)31-25(20)36-2)27(35)30-23-14-18(8-6-12-38-3)21(15-28)16-29-23/h13-14,16,22H,4-12,17H2,1-3H3,(H,29,30,35)/t22-/m1/s1. The molecule has 2 aliphatic heterocycles. The maximum Gasteiger partial charge on any atom is 0.328 e. The van der Waals surface area contributed by atoms with Crippen LogP contribution in [-0.4, -0.2) is 72.2 Å². The molecular formula is C27H34N6O4S. The SMILES string of the molecule is COc1nc2c(cc1CN(C)C(=O)[C@H]1CCCO1)CCCN2C(=O)Nc1cc(CCCSC)c(C#N)cn1. The molecule has 1 atom stereocenters. The summed E-state index contributed by atoms with van der Waals surface area (Å²) in [7, 11) is 3.29. The minimum Gasteiger partial charge on any atom is -0.481 e. The van der Waals surface area contributed by atoms with Crippen LogP contribution in [0.2, 0.25) is 0 Å². The Morgan fingerprint density at radius 1 is 1.34 bits per heavy atom. The quantitative estimate of drug-likeness (QED) is 0.479. The summed E-state index contributed by atoms with van der Waals surface area (Å²) in [6.45, 7) is 1.45. The fourth-order valence-corrected chi connectivity index (χ4v) is 5.26. The molecule has 0 unspecified atom stereocenters. The van der Waals surface area contributed by atoms with Crippen LogP contribution in [0.25, 0.3) is 0 Å². The van der Waals surface area contributed by atoms with Crippen LogP contribution in [0.4, 0.5) is 16.4 Å². The lowest BCUT2D eigenvalue weighted by Gasteiger charge is -2.30. The largest absolute Gasteiger partial charge is 0.481 e. The zero-order chi connectivity index (χ0) is 27.1. The van der Waals surface area contributed by atoms with Gasteiger partial charge in [0.05, 0.1) is 19.2 Å². The molecule has 10 nitrogen and oxygen atoms in total. The Kier molecular flexibility index (Phi) is 9.42. The van der Waals surface area contributed by atoms with Gasteiger partial charge in [0, 0.05) is 32.0 Å². The Hall–Kier alpha value is -3.36. The number of methoxy groups -OCH3 is 1. The molecule has 1 saturated heterocycles. The molecule has 38 heavy (non-hydrogen) atoms. The normalized spacial score (nSPS) is 16.5. The molecule has 4 heterocycles. The number of thioether (sulfide) groups is 1. The molecule has 0 saturated carbocycles. The fraction of sp³-hybridized carbons (Fsp3) is 0.519. The zero-order valence-electron chi connectivity index (χ0n) is 22.2. The van der Waals surface area contributed by atoms with E-state index in [1.54, 1.807) is 34.7 Å². The highest BCUT2D eigenvalue weighted by Gasteiger charge is 2.29. The van der Waals surface area contributed by atoms with Gasteiger partial charge in [-0.1, -0.05) is 0 Å². The third kappa shape index (κ3) is 6.37. The van der Waals surface area contributed by atoms with E-state index in [-0.39, 0.29) is 11.9 Å². The van der Waals surface area contributed by atoms with Crippen molar-refractivity contribution in [1.29, 1.82) is 5.26 Å². The first-order valence-electron chi connectivity index (χ1n) is 12.8. The highest BCUT2D eigenvalue weighted by atomic mass is 32.2. The van der Waals surface area contributed by atoms with E-state index in [0.29, 0.717) is 42.8 Å². The number of nitrogens with one attached hydrogen (secondary N) is 1. The van der Waals surface area contributed by atoms with E-state index in [4.69, 9.17) is 9.47 Å². The minimum absolute atomic E-state index is 0.0500. The lowest BCUT2D eigenvalue weighted by atomic mass is 10.0. The maximum absolute atomic E-state index is 13.3. The van der Waals surface area contributed by atoms with Crippen molar-refractivity contribution >= 4 is 35.3 Å². The second-order valence-electron chi connectivity index (χ2n) is 9.46. The van der Waals surface area contributed by atoms with Crippen molar-refractivity contribution in [1.82, 2.24) is 14.9 Å². The van der Waals surface area contributed by atoms with Crippen LogP contribution < -0.4 is 15.0 Å². The molecule has 2 aromatic heterocycles. The van der Waals surface area contributed by atoms with Gasteiger partial charge in [-0.3, -0.25) is 15.0 Å². The molecule has 0 aliphatic carbocycles. The van der Waals surface area contributed by atoms with Crippen molar-refractivity contribution in [3.05, 3.63) is 40.6 Å². The molecule has 2 aromatic rings. The molecular weight excluding hydrogens is 504 g/mol. The molecule has 0 radical (unpaired) electrons. The number of nitriles is 1.